The maximum Gasteiger partial charge on any atom is 0.262 e. The maximum absolute atomic E-state index is 13.2. The molecular formula is C31H45ClFN3O2. The molecule has 1 heterocycles. The van der Waals surface area contributed by atoms with Crippen LogP contribution in [0.25, 0.3) is 10.9 Å². The predicted molar refractivity (Wildman–Crippen MR) is 163 cm³/mol. The van der Waals surface area contributed by atoms with Gasteiger partial charge >= 0.3 is 0 Å². The van der Waals surface area contributed by atoms with Crippen LogP contribution in [0.15, 0.2) is 67.3 Å². The number of methoxy groups -OCH3 is 1. The lowest BCUT2D eigenvalue weighted by Crippen LogP contribution is -2.26. The molecule has 2 aromatic carbocycles. The summed E-state index contributed by atoms with van der Waals surface area (Å²) in [6.45, 7) is 15.4. The van der Waals surface area contributed by atoms with Crippen LogP contribution in [0.2, 0.25) is 5.02 Å². The van der Waals surface area contributed by atoms with Crippen molar-refractivity contribution < 1.29 is 13.9 Å². The molecule has 3 rings (SSSR count). The number of nitrogens with one attached hydrogen (secondary N) is 2. The van der Waals surface area contributed by atoms with Crippen molar-refractivity contribution >= 4 is 28.4 Å². The van der Waals surface area contributed by atoms with E-state index in [0.717, 1.165) is 54.0 Å². The van der Waals surface area contributed by atoms with Crippen LogP contribution in [0.4, 0.5) is 4.39 Å². The van der Waals surface area contributed by atoms with Crippen molar-refractivity contribution in [2.45, 2.75) is 41.0 Å². The van der Waals surface area contributed by atoms with Gasteiger partial charge in [-0.25, -0.2) is 4.39 Å². The second-order valence-corrected chi connectivity index (χ2v) is 8.24. The molecule has 1 aromatic heterocycles. The first-order valence-electron chi connectivity index (χ1n) is 13.0. The summed E-state index contributed by atoms with van der Waals surface area (Å²) in [5.41, 5.74) is 3.62. The number of fused-ring (bicyclic) bond motifs is 1. The van der Waals surface area contributed by atoms with E-state index in [0.29, 0.717) is 10.6 Å². The summed E-state index contributed by atoms with van der Waals surface area (Å²) >= 11 is 5.98. The third kappa shape index (κ3) is 11.2. The fraction of sp³-hybridized carbons (Fsp3) is 0.387. The second kappa shape index (κ2) is 21.1. The van der Waals surface area contributed by atoms with Crippen LogP contribution in [0.1, 0.15) is 49.3 Å². The highest BCUT2D eigenvalue weighted by molar-refractivity contribution is 6.30. The van der Waals surface area contributed by atoms with Crippen molar-refractivity contribution in [3.05, 3.63) is 89.1 Å². The fourth-order valence-corrected chi connectivity index (χ4v) is 3.57. The van der Waals surface area contributed by atoms with Crippen LogP contribution in [-0.4, -0.2) is 50.9 Å². The highest BCUT2D eigenvalue weighted by Crippen LogP contribution is 2.30. The molecule has 0 aliphatic rings. The topological polar surface area (TPSA) is 55.3 Å². The van der Waals surface area contributed by atoms with Crippen LogP contribution in [0.5, 0.6) is 5.75 Å². The summed E-state index contributed by atoms with van der Waals surface area (Å²) in [5, 5.41) is 8.22. The lowest BCUT2D eigenvalue weighted by atomic mass is 10.1. The van der Waals surface area contributed by atoms with Gasteiger partial charge in [0.15, 0.2) is 0 Å². The quantitative estimate of drug-likeness (QED) is 0.217. The molecule has 0 atom stereocenters. The van der Waals surface area contributed by atoms with Crippen LogP contribution in [-0.2, 0) is 6.42 Å². The van der Waals surface area contributed by atoms with E-state index in [4.69, 9.17) is 16.3 Å². The number of carbonyl (C=O) groups is 1. The molecule has 5 nitrogen and oxygen atoms in total. The van der Waals surface area contributed by atoms with Gasteiger partial charge in [0, 0.05) is 34.8 Å². The molecule has 0 saturated carbocycles. The van der Waals surface area contributed by atoms with Gasteiger partial charge in [0.05, 0.1) is 12.6 Å². The number of ether oxygens (including phenoxy) is 1. The highest BCUT2D eigenvalue weighted by Gasteiger charge is 2.20. The molecule has 0 saturated heterocycles. The largest absolute Gasteiger partial charge is 0.497 e. The summed E-state index contributed by atoms with van der Waals surface area (Å²) in [5.74, 6) is 0.728. The number of hydrogen-bond acceptors (Lipinski definition) is 4. The van der Waals surface area contributed by atoms with Crippen LogP contribution in [0.3, 0.4) is 0 Å². The number of allylic oxidation sites excluding steroid dienone is 3. The van der Waals surface area contributed by atoms with Crippen molar-refractivity contribution in [2.75, 3.05) is 40.5 Å². The molecule has 7 heteroatoms. The Morgan fingerprint density at radius 2 is 1.68 bits per heavy atom. The van der Waals surface area contributed by atoms with Crippen molar-refractivity contribution in [1.29, 1.82) is 0 Å². The second-order valence-electron chi connectivity index (χ2n) is 7.81. The van der Waals surface area contributed by atoms with Gasteiger partial charge in [-0.1, -0.05) is 43.7 Å². The Morgan fingerprint density at radius 3 is 2.18 bits per heavy atom. The average molecular weight is 546 g/mol. The Bertz CT molecular complexity index is 1100. The van der Waals surface area contributed by atoms with Crippen LogP contribution in [0, 0.1) is 6.92 Å². The van der Waals surface area contributed by atoms with Crippen molar-refractivity contribution in [3.8, 4) is 5.75 Å². The number of nitrogens with zero attached hydrogens (tertiary/aromatic N) is 1. The zero-order valence-electron chi connectivity index (χ0n) is 24.0. The van der Waals surface area contributed by atoms with E-state index >= 15 is 0 Å². The van der Waals surface area contributed by atoms with Gasteiger partial charge in [0.25, 0.3) is 5.91 Å². The minimum atomic E-state index is -0.417. The van der Waals surface area contributed by atoms with Crippen LogP contribution < -0.4 is 15.4 Å². The van der Waals surface area contributed by atoms with Gasteiger partial charge in [-0.2, -0.15) is 0 Å². The lowest BCUT2D eigenvalue weighted by Gasteiger charge is -2.08. The third-order valence-electron chi connectivity index (χ3n) is 5.38. The highest BCUT2D eigenvalue weighted by atomic mass is 35.5. The minimum absolute atomic E-state index is 0.0567. The van der Waals surface area contributed by atoms with Crippen LogP contribution >= 0.6 is 11.6 Å². The van der Waals surface area contributed by atoms with Crippen molar-refractivity contribution in [2.24, 2.45) is 0 Å². The number of hydrogen-bond donors (Lipinski definition) is 2. The standard InChI is InChI=1S/C22H26ClN3O2.C4H8.C3H5F.C2H6/c1-15-19(10-11-25-13-12-24-2)20-14-18(28-3)8-9-21(20)26(15)22(27)16-4-6-17(23)7-5-16;1-3-4-2;1-2-3-4;1-2/h4-9,14,24-25H,10-13H2,1-3H3;3-4H,1-2H3;2H,1,3H2;1-2H3/b;4-3+;;. The van der Waals surface area contributed by atoms with Gasteiger partial charge in [-0.05, 0) is 88.8 Å². The SMILES string of the molecule is C/C=C/C.C=CCF.CC.CNCCNCCc1c(C)n(C(=O)c2ccc(Cl)cc2)c2ccc(OC)cc12. The summed E-state index contributed by atoms with van der Waals surface area (Å²) in [6, 6.07) is 12.9. The van der Waals surface area contributed by atoms with Crippen molar-refractivity contribution in [1.82, 2.24) is 15.2 Å². The Labute approximate surface area is 233 Å². The van der Waals surface area contributed by atoms with E-state index in [1.165, 1.54) is 6.08 Å². The number of halogens is 2. The van der Waals surface area contributed by atoms with E-state index in [1.54, 1.807) is 35.9 Å². The number of carbonyl (C=O) groups excluding carboxylic acids is 1. The molecule has 0 unspecified atom stereocenters. The van der Waals surface area contributed by atoms with Gasteiger partial charge in [0.1, 0.15) is 12.4 Å². The average Bonchev–Trinajstić information content (AvgIpc) is 3.24. The molecule has 210 valence electrons. The molecule has 0 aliphatic carbocycles. The van der Waals surface area contributed by atoms with E-state index < -0.39 is 6.67 Å². The van der Waals surface area contributed by atoms with Gasteiger partial charge < -0.3 is 15.4 Å². The zero-order chi connectivity index (χ0) is 28.9. The molecular weight excluding hydrogens is 501 g/mol. The summed E-state index contributed by atoms with van der Waals surface area (Å²) < 4.78 is 17.8. The molecule has 2 N–H and O–H groups in total. The molecule has 0 fully saturated rings. The first-order chi connectivity index (χ1) is 18.4. The van der Waals surface area contributed by atoms with Gasteiger partial charge in [-0.15, -0.1) is 6.58 Å². The molecule has 0 spiro atoms. The van der Waals surface area contributed by atoms with E-state index in [2.05, 4.69) is 17.2 Å². The monoisotopic (exact) mass is 545 g/mol. The van der Waals surface area contributed by atoms with E-state index in [9.17, 15) is 9.18 Å². The number of benzene rings is 2. The molecule has 0 radical (unpaired) electrons. The first-order valence-corrected chi connectivity index (χ1v) is 13.3. The van der Waals surface area contributed by atoms with Crippen molar-refractivity contribution in [3.63, 3.8) is 0 Å². The minimum Gasteiger partial charge on any atom is -0.497 e. The maximum atomic E-state index is 13.2. The first kappa shape index (κ1) is 35.1. The summed E-state index contributed by atoms with van der Waals surface area (Å²) in [7, 11) is 3.59. The zero-order valence-corrected chi connectivity index (χ0v) is 24.8. The van der Waals surface area contributed by atoms with E-state index in [1.807, 2.05) is 72.0 Å². The number of likely N-dealkylation sites (N-methyl/N-ethyl adjacent to an activating group) is 1. The van der Waals surface area contributed by atoms with Gasteiger partial charge in [-0.3, -0.25) is 9.36 Å². The smallest absolute Gasteiger partial charge is 0.262 e. The lowest BCUT2D eigenvalue weighted by molar-refractivity contribution is 0.0963. The Hall–Kier alpha value is -2.93. The third-order valence-corrected chi connectivity index (χ3v) is 5.63. The Kier molecular flexibility index (Phi) is 19.4. The summed E-state index contributed by atoms with van der Waals surface area (Å²) in [6.07, 6.45) is 6.04. The summed E-state index contributed by atoms with van der Waals surface area (Å²) in [4.78, 5) is 13.2. The van der Waals surface area contributed by atoms with Gasteiger partial charge in [0.2, 0.25) is 0 Å². The van der Waals surface area contributed by atoms with E-state index in [-0.39, 0.29) is 5.91 Å². The molecule has 38 heavy (non-hydrogen) atoms. The Balaban J connectivity index is 0.00000119. The Morgan fingerprint density at radius 1 is 1.08 bits per heavy atom. The number of alkyl halides is 1. The molecule has 3 aromatic rings. The number of rotatable bonds is 9. The number of aromatic nitrogens is 1. The normalized spacial score (nSPS) is 10.0. The molecule has 0 bridgehead atoms. The fourth-order valence-electron chi connectivity index (χ4n) is 3.44. The molecule has 0 amide bonds. The molecule has 0 aliphatic heterocycles. The predicted octanol–water partition coefficient (Wildman–Crippen LogP) is 7.40.